The molecular weight excluding hydrogens is 262 g/mol. The molecule has 1 nitrogen and oxygen atoms in total. The zero-order valence-electron chi connectivity index (χ0n) is 8.79. The Bertz CT molecular complexity index is 511. The number of benzene rings is 2. The van der Waals surface area contributed by atoms with E-state index in [1.165, 1.54) is 12.1 Å². The van der Waals surface area contributed by atoms with Crippen LogP contribution in [0.15, 0.2) is 42.5 Å². The Morgan fingerprint density at radius 2 is 1.71 bits per heavy atom. The fourth-order valence-electron chi connectivity index (χ4n) is 1.33. The molecule has 0 unspecified atom stereocenters. The van der Waals surface area contributed by atoms with E-state index in [4.69, 9.17) is 27.9 Å². The topological polar surface area (TPSA) is 9.23 Å². The summed E-state index contributed by atoms with van der Waals surface area (Å²) in [6.07, 6.45) is 0. The standard InChI is InChI=1S/C13H9Cl2FO/c14-10-2-4-11(5-3-10)17-8-9-1-6-12(15)13(16)7-9/h1-7H,8H2. The van der Waals surface area contributed by atoms with Crippen molar-refractivity contribution < 1.29 is 9.13 Å². The van der Waals surface area contributed by atoms with Gasteiger partial charge < -0.3 is 4.74 Å². The van der Waals surface area contributed by atoms with Gasteiger partial charge in [0.25, 0.3) is 0 Å². The lowest BCUT2D eigenvalue weighted by Gasteiger charge is -2.06. The third-order valence-electron chi connectivity index (χ3n) is 2.20. The molecule has 88 valence electrons. The van der Waals surface area contributed by atoms with Crippen LogP contribution >= 0.6 is 23.2 Å². The molecule has 4 heteroatoms. The molecule has 0 saturated heterocycles. The zero-order valence-corrected chi connectivity index (χ0v) is 10.3. The minimum absolute atomic E-state index is 0.111. The van der Waals surface area contributed by atoms with Crippen LogP contribution < -0.4 is 4.74 Å². The first-order valence-electron chi connectivity index (χ1n) is 4.97. The summed E-state index contributed by atoms with van der Waals surface area (Å²) in [5, 5.41) is 0.759. The first-order valence-corrected chi connectivity index (χ1v) is 5.73. The summed E-state index contributed by atoms with van der Waals surface area (Å²) in [6, 6.07) is 11.6. The van der Waals surface area contributed by atoms with E-state index in [9.17, 15) is 4.39 Å². The van der Waals surface area contributed by atoms with Crippen LogP contribution in [0.2, 0.25) is 10.0 Å². The monoisotopic (exact) mass is 270 g/mol. The van der Waals surface area contributed by atoms with E-state index in [0.717, 1.165) is 5.56 Å². The Hall–Kier alpha value is -1.25. The van der Waals surface area contributed by atoms with Gasteiger partial charge in [-0.3, -0.25) is 0 Å². The molecule has 17 heavy (non-hydrogen) atoms. The van der Waals surface area contributed by atoms with E-state index in [1.807, 2.05) is 0 Å². The molecule has 0 aromatic heterocycles. The molecule has 2 aromatic rings. The van der Waals surface area contributed by atoms with Crippen LogP contribution in [0.1, 0.15) is 5.56 Å². The van der Waals surface area contributed by atoms with E-state index in [0.29, 0.717) is 10.8 Å². The molecule has 0 radical (unpaired) electrons. The highest BCUT2D eigenvalue weighted by Gasteiger charge is 2.01. The van der Waals surface area contributed by atoms with Gasteiger partial charge in [0, 0.05) is 5.02 Å². The van der Waals surface area contributed by atoms with Crippen LogP contribution in [0.4, 0.5) is 4.39 Å². The molecule has 0 aliphatic heterocycles. The minimum Gasteiger partial charge on any atom is -0.489 e. The molecular formula is C13H9Cl2FO. The van der Waals surface area contributed by atoms with Crippen LogP contribution in [0.25, 0.3) is 0 Å². The predicted octanol–water partition coefficient (Wildman–Crippen LogP) is 4.71. The maximum atomic E-state index is 13.2. The highest BCUT2D eigenvalue weighted by molar-refractivity contribution is 6.30. The molecule has 2 aromatic carbocycles. The molecule has 0 amide bonds. The molecule has 0 aliphatic carbocycles. The summed E-state index contributed by atoms with van der Waals surface area (Å²) < 4.78 is 18.6. The van der Waals surface area contributed by atoms with Gasteiger partial charge in [0.05, 0.1) is 5.02 Å². The Morgan fingerprint density at radius 1 is 1.00 bits per heavy atom. The number of hydrogen-bond acceptors (Lipinski definition) is 1. The van der Waals surface area contributed by atoms with Gasteiger partial charge in [-0.15, -0.1) is 0 Å². The second-order valence-electron chi connectivity index (χ2n) is 3.49. The van der Waals surface area contributed by atoms with Crippen molar-refractivity contribution >= 4 is 23.2 Å². The van der Waals surface area contributed by atoms with E-state index >= 15 is 0 Å². The Labute approximate surface area is 109 Å². The minimum atomic E-state index is -0.441. The van der Waals surface area contributed by atoms with E-state index in [2.05, 4.69) is 0 Å². The average Bonchev–Trinajstić information content (AvgIpc) is 2.33. The van der Waals surface area contributed by atoms with Gasteiger partial charge in [-0.1, -0.05) is 29.3 Å². The summed E-state index contributed by atoms with van der Waals surface area (Å²) in [7, 11) is 0. The van der Waals surface area contributed by atoms with Gasteiger partial charge >= 0.3 is 0 Å². The lowest BCUT2D eigenvalue weighted by atomic mass is 10.2. The molecule has 0 bridgehead atoms. The van der Waals surface area contributed by atoms with Crippen molar-refractivity contribution in [3.05, 3.63) is 63.9 Å². The molecule has 0 heterocycles. The smallest absolute Gasteiger partial charge is 0.142 e. The van der Waals surface area contributed by atoms with Crippen molar-refractivity contribution in [1.82, 2.24) is 0 Å². The fourth-order valence-corrected chi connectivity index (χ4v) is 1.57. The number of hydrogen-bond donors (Lipinski definition) is 0. The van der Waals surface area contributed by atoms with Crippen molar-refractivity contribution in [1.29, 1.82) is 0 Å². The molecule has 0 fully saturated rings. The lowest BCUT2D eigenvalue weighted by Crippen LogP contribution is -1.95. The van der Waals surface area contributed by atoms with Crippen molar-refractivity contribution in [2.75, 3.05) is 0 Å². The predicted molar refractivity (Wildman–Crippen MR) is 67.2 cm³/mol. The third-order valence-corrected chi connectivity index (χ3v) is 2.76. The van der Waals surface area contributed by atoms with Gasteiger partial charge in [0.1, 0.15) is 18.2 Å². The summed E-state index contributed by atoms with van der Waals surface area (Å²) in [5.41, 5.74) is 0.724. The zero-order chi connectivity index (χ0) is 12.3. The maximum Gasteiger partial charge on any atom is 0.142 e. The molecule has 0 aliphatic rings. The van der Waals surface area contributed by atoms with Gasteiger partial charge in [0.2, 0.25) is 0 Å². The van der Waals surface area contributed by atoms with Crippen molar-refractivity contribution in [2.45, 2.75) is 6.61 Å². The van der Waals surface area contributed by atoms with Crippen LogP contribution in [-0.2, 0) is 6.61 Å². The molecule has 0 saturated carbocycles. The molecule has 2 rings (SSSR count). The summed E-state index contributed by atoms with van der Waals surface area (Å²) >= 11 is 11.3. The average molecular weight is 271 g/mol. The first-order chi connectivity index (χ1) is 8.15. The van der Waals surface area contributed by atoms with Gasteiger partial charge in [-0.25, -0.2) is 4.39 Å². The Kier molecular flexibility index (Phi) is 3.87. The summed E-state index contributed by atoms with van der Waals surface area (Å²) in [6.45, 7) is 0.287. The summed E-state index contributed by atoms with van der Waals surface area (Å²) in [5.74, 6) is 0.244. The van der Waals surface area contributed by atoms with Crippen LogP contribution in [0, 0.1) is 5.82 Å². The number of halogens is 3. The van der Waals surface area contributed by atoms with Crippen molar-refractivity contribution in [3.63, 3.8) is 0 Å². The second-order valence-corrected chi connectivity index (χ2v) is 4.33. The fraction of sp³-hybridized carbons (Fsp3) is 0.0769. The van der Waals surface area contributed by atoms with E-state index in [-0.39, 0.29) is 11.6 Å². The Balaban J connectivity index is 2.02. The van der Waals surface area contributed by atoms with Gasteiger partial charge in [-0.2, -0.15) is 0 Å². The Morgan fingerprint density at radius 3 is 2.35 bits per heavy atom. The number of ether oxygens (including phenoxy) is 1. The maximum absolute atomic E-state index is 13.2. The molecule has 0 atom stereocenters. The lowest BCUT2D eigenvalue weighted by molar-refractivity contribution is 0.305. The first kappa shape index (κ1) is 12.2. The molecule has 0 N–H and O–H groups in total. The normalized spacial score (nSPS) is 10.3. The van der Waals surface area contributed by atoms with Crippen molar-refractivity contribution in [2.24, 2.45) is 0 Å². The van der Waals surface area contributed by atoms with Crippen LogP contribution in [0.3, 0.4) is 0 Å². The highest BCUT2D eigenvalue weighted by atomic mass is 35.5. The van der Waals surface area contributed by atoms with Crippen molar-refractivity contribution in [3.8, 4) is 5.75 Å². The third kappa shape index (κ3) is 3.35. The summed E-state index contributed by atoms with van der Waals surface area (Å²) in [4.78, 5) is 0. The van der Waals surface area contributed by atoms with Gasteiger partial charge in [0.15, 0.2) is 0 Å². The van der Waals surface area contributed by atoms with E-state index < -0.39 is 5.82 Å². The highest BCUT2D eigenvalue weighted by Crippen LogP contribution is 2.19. The number of rotatable bonds is 3. The quantitative estimate of drug-likeness (QED) is 0.785. The van der Waals surface area contributed by atoms with Crippen LogP contribution in [-0.4, -0.2) is 0 Å². The SMILES string of the molecule is Fc1cc(COc2ccc(Cl)cc2)ccc1Cl. The van der Waals surface area contributed by atoms with E-state index in [1.54, 1.807) is 30.3 Å². The molecule has 0 spiro atoms. The largest absolute Gasteiger partial charge is 0.489 e. The van der Waals surface area contributed by atoms with Gasteiger partial charge in [-0.05, 0) is 42.0 Å². The second kappa shape index (κ2) is 5.39. The van der Waals surface area contributed by atoms with Crippen LogP contribution in [0.5, 0.6) is 5.75 Å².